The van der Waals surface area contributed by atoms with Gasteiger partial charge in [-0.1, -0.05) is 0 Å². The Balaban J connectivity index is 2.32. The number of hydrogen-bond acceptors (Lipinski definition) is 5. The molecule has 0 amide bonds. The molecule has 92 valence electrons. The van der Waals surface area contributed by atoms with Crippen molar-refractivity contribution < 1.29 is 14.6 Å². The third kappa shape index (κ3) is 4.13. The Kier molecular flexibility index (Phi) is 5.83. The third-order valence-electron chi connectivity index (χ3n) is 2.08. The van der Waals surface area contributed by atoms with Crippen LogP contribution in [-0.2, 0) is 9.47 Å². The molecule has 6 heteroatoms. The highest BCUT2D eigenvalue weighted by Crippen LogP contribution is 2.14. The van der Waals surface area contributed by atoms with Crippen molar-refractivity contribution >= 4 is 12.6 Å². The number of aliphatic hydroxyl groups is 1. The smallest absolute Gasteiger partial charge is 0.154 e. The number of nitrogens with zero attached hydrogens (tertiary/aromatic N) is 2. The van der Waals surface area contributed by atoms with Crippen molar-refractivity contribution in [1.29, 1.82) is 0 Å². The Morgan fingerprint density at radius 3 is 2.81 bits per heavy atom. The van der Waals surface area contributed by atoms with Gasteiger partial charge in [0, 0.05) is 19.0 Å². The van der Waals surface area contributed by atoms with Gasteiger partial charge in [0.2, 0.25) is 0 Å². The number of aromatic nitrogens is 2. The first-order valence-electron chi connectivity index (χ1n) is 5.22. The first-order chi connectivity index (χ1) is 7.65. The molecular weight excluding hydrogens is 228 g/mol. The summed E-state index contributed by atoms with van der Waals surface area (Å²) < 4.78 is 12.2. The maximum Gasteiger partial charge on any atom is 0.154 e. The van der Waals surface area contributed by atoms with Gasteiger partial charge in [-0.3, -0.25) is 0 Å². The monoisotopic (exact) mass is 246 g/mol. The second-order valence-corrected chi connectivity index (χ2v) is 4.01. The molecule has 0 aromatic carbocycles. The highest BCUT2D eigenvalue weighted by atomic mass is 32.1. The highest BCUT2D eigenvalue weighted by molar-refractivity contribution is 7.81. The fourth-order valence-corrected chi connectivity index (χ4v) is 1.47. The molecule has 5 nitrogen and oxygen atoms in total. The van der Waals surface area contributed by atoms with Crippen LogP contribution in [0.5, 0.6) is 0 Å². The number of hydrogen-bond donors (Lipinski definition) is 2. The van der Waals surface area contributed by atoms with Gasteiger partial charge >= 0.3 is 0 Å². The molecule has 0 saturated carbocycles. The minimum absolute atomic E-state index is 0.283. The molecule has 1 aromatic rings. The fourth-order valence-electron chi connectivity index (χ4n) is 1.23. The first-order valence-corrected chi connectivity index (χ1v) is 5.73. The van der Waals surface area contributed by atoms with Crippen LogP contribution in [-0.4, -0.2) is 39.4 Å². The minimum atomic E-state index is -0.750. The molecule has 1 aromatic heterocycles. The van der Waals surface area contributed by atoms with Crippen LogP contribution in [0.1, 0.15) is 20.1 Å². The Bertz CT molecular complexity index is 282. The van der Waals surface area contributed by atoms with Gasteiger partial charge in [0.1, 0.15) is 6.23 Å². The lowest BCUT2D eigenvalue weighted by atomic mass is 10.4. The largest absolute Gasteiger partial charge is 0.372 e. The lowest BCUT2D eigenvalue weighted by Crippen LogP contribution is -2.26. The van der Waals surface area contributed by atoms with Gasteiger partial charge in [0.25, 0.3) is 0 Å². The third-order valence-corrected chi connectivity index (χ3v) is 2.49. The van der Waals surface area contributed by atoms with Crippen LogP contribution in [0.3, 0.4) is 0 Å². The normalized spacial score (nSPS) is 17.0. The fraction of sp³-hybridized carbons (Fsp3) is 0.700. The van der Waals surface area contributed by atoms with E-state index in [9.17, 15) is 5.11 Å². The lowest BCUT2D eigenvalue weighted by molar-refractivity contribution is -0.131. The highest BCUT2D eigenvalue weighted by Gasteiger charge is 2.17. The molecule has 0 saturated heterocycles. The quantitative estimate of drug-likeness (QED) is 0.558. The lowest BCUT2D eigenvalue weighted by Gasteiger charge is -2.21. The Labute approximate surface area is 101 Å². The predicted octanol–water partition coefficient (Wildman–Crippen LogP) is 1.07. The van der Waals surface area contributed by atoms with Crippen molar-refractivity contribution in [2.24, 2.45) is 0 Å². The van der Waals surface area contributed by atoms with Crippen LogP contribution >= 0.6 is 12.6 Å². The second kappa shape index (κ2) is 6.90. The molecule has 0 spiro atoms. The molecule has 0 aliphatic heterocycles. The zero-order valence-electron chi connectivity index (χ0n) is 9.48. The summed E-state index contributed by atoms with van der Waals surface area (Å²) in [6.45, 7) is 4.62. The van der Waals surface area contributed by atoms with Gasteiger partial charge in [0.05, 0.1) is 18.2 Å². The predicted molar refractivity (Wildman–Crippen MR) is 63.3 cm³/mol. The minimum Gasteiger partial charge on any atom is -0.372 e. The number of thiol groups is 1. The van der Waals surface area contributed by atoms with Crippen LogP contribution < -0.4 is 0 Å². The van der Waals surface area contributed by atoms with Crippen LogP contribution in [0.25, 0.3) is 0 Å². The molecule has 1 N–H and O–H groups in total. The van der Waals surface area contributed by atoms with Crippen molar-refractivity contribution in [2.45, 2.75) is 31.6 Å². The van der Waals surface area contributed by atoms with E-state index in [4.69, 9.17) is 9.47 Å². The molecule has 0 fully saturated rings. The van der Waals surface area contributed by atoms with Gasteiger partial charge in [0.15, 0.2) is 6.29 Å². The summed E-state index contributed by atoms with van der Waals surface area (Å²) in [6, 6.07) is 0. The zero-order valence-corrected chi connectivity index (χ0v) is 10.4. The summed E-state index contributed by atoms with van der Waals surface area (Å²) in [5, 5.41) is 9.52. The summed E-state index contributed by atoms with van der Waals surface area (Å²) in [6.07, 6.45) is 3.79. The summed E-state index contributed by atoms with van der Waals surface area (Å²) in [5.41, 5.74) is 0. The molecule has 0 aliphatic rings. The molecule has 16 heavy (non-hydrogen) atoms. The van der Waals surface area contributed by atoms with E-state index in [1.54, 1.807) is 23.3 Å². The maximum atomic E-state index is 9.85. The second-order valence-electron chi connectivity index (χ2n) is 3.35. The van der Waals surface area contributed by atoms with Gasteiger partial charge in [-0.15, -0.1) is 0 Å². The maximum absolute atomic E-state index is 9.85. The van der Waals surface area contributed by atoms with Crippen LogP contribution in [0.15, 0.2) is 18.7 Å². The first kappa shape index (κ1) is 13.5. The summed E-state index contributed by atoms with van der Waals surface area (Å²) in [4.78, 5) is 3.85. The van der Waals surface area contributed by atoms with E-state index >= 15 is 0 Å². The zero-order chi connectivity index (χ0) is 12.0. The Hall–Kier alpha value is -0.560. The molecule has 3 atom stereocenters. The van der Waals surface area contributed by atoms with E-state index < -0.39 is 6.23 Å². The van der Waals surface area contributed by atoms with E-state index in [1.807, 2.05) is 13.8 Å². The van der Waals surface area contributed by atoms with Crippen molar-refractivity contribution in [1.82, 2.24) is 9.55 Å². The number of imidazole rings is 1. The van der Waals surface area contributed by atoms with Crippen molar-refractivity contribution in [3.63, 3.8) is 0 Å². The van der Waals surface area contributed by atoms with E-state index in [0.717, 1.165) is 0 Å². The number of rotatable bonds is 7. The van der Waals surface area contributed by atoms with Crippen molar-refractivity contribution in [3.8, 4) is 0 Å². The van der Waals surface area contributed by atoms with Crippen molar-refractivity contribution in [3.05, 3.63) is 18.7 Å². The van der Waals surface area contributed by atoms with Gasteiger partial charge in [-0.25, -0.2) is 4.98 Å². The van der Waals surface area contributed by atoms with Crippen LogP contribution in [0, 0.1) is 0 Å². The van der Waals surface area contributed by atoms with E-state index in [1.165, 1.54) is 0 Å². The molecule has 0 aliphatic carbocycles. The summed E-state index contributed by atoms with van der Waals surface area (Å²) >= 11 is 4.28. The van der Waals surface area contributed by atoms with E-state index in [2.05, 4.69) is 17.6 Å². The Morgan fingerprint density at radius 2 is 2.25 bits per heavy atom. The van der Waals surface area contributed by atoms with Gasteiger partial charge in [-0.2, -0.15) is 12.6 Å². The Morgan fingerprint density at radius 1 is 1.50 bits per heavy atom. The molecule has 1 heterocycles. The van der Waals surface area contributed by atoms with E-state index in [-0.39, 0.29) is 11.5 Å². The molecular formula is C10H18N2O3S. The number of aliphatic hydroxyl groups excluding tert-OH is 1. The van der Waals surface area contributed by atoms with Crippen LogP contribution in [0.4, 0.5) is 0 Å². The average molecular weight is 246 g/mol. The number of ether oxygens (including phenoxy) is 2. The summed E-state index contributed by atoms with van der Waals surface area (Å²) in [5.74, 6) is 0. The SMILES string of the molecule is CCOC(C)OCC(S)C(O)n1ccnc1. The molecule has 3 unspecified atom stereocenters. The molecule has 1 rings (SSSR count). The molecule has 0 radical (unpaired) electrons. The summed E-state index contributed by atoms with van der Waals surface area (Å²) in [7, 11) is 0. The van der Waals surface area contributed by atoms with Crippen molar-refractivity contribution in [2.75, 3.05) is 13.2 Å². The van der Waals surface area contributed by atoms with Gasteiger partial charge < -0.3 is 19.1 Å². The molecule has 0 bridgehead atoms. The standard InChI is InChI=1S/C10H18N2O3S/c1-3-14-8(2)15-6-9(16)10(13)12-5-4-11-7-12/h4-5,7-10,13,16H,3,6H2,1-2H3. The van der Waals surface area contributed by atoms with Crippen LogP contribution in [0.2, 0.25) is 0 Å². The average Bonchev–Trinajstić information content (AvgIpc) is 2.78. The van der Waals surface area contributed by atoms with E-state index in [0.29, 0.717) is 13.2 Å². The van der Waals surface area contributed by atoms with Gasteiger partial charge in [-0.05, 0) is 13.8 Å². The topological polar surface area (TPSA) is 56.5 Å².